The van der Waals surface area contributed by atoms with Gasteiger partial charge in [0.15, 0.2) is 0 Å². The molecule has 90 valence electrons. The summed E-state index contributed by atoms with van der Waals surface area (Å²) in [5, 5.41) is 0.983. The van der Waals surface area contributed by atoms with Crippen LogP contribution in [-0.4, -0.2) is 4.98 Å². The molecule has 0 atom stereocenters. The van der Waals surface area contributed by atoms with Gasteiger partial charge >= 0.3 is 0 Å². The van der Waals surface area contributed by atoms with Crippen molar-refractivity contribution in [1.82, 2.24) is 4.98 Å². The first-order chi connectivity index (χ1) is 8.61. The molecule has 0 bridgehead atoms. The molecule has 2 aromatic carbocycles. The number of halogens is 2. The average molecular weight is 384 g/mol. The Balaban J connectivity index is 2.19. The molecule has 5 heteroatoms. The lowest BCUT2D eigenvalue weighted by atomic mass is 10.2. The van der Waals surface area contributed by atoms with E-state index in [1.165, 1.54) is 0 Å². The Morgan fingerprint density at radius 2 is 1.83 bits per heavy atom. The minimum Gasteiger partial charge on any atom is -0.399 e. The molecule has 1 heterocycles. The number of rotatable bonds is 1. The van der Waals surface area contributed by atoms with Gasteiger partial charge in [0, 0.05) is 20.2 Å². The summed E-state index contributed by atoms with van der Waals surface area (Å²) in [6.07, 6.45) is 0. The van der Waals surface area contributed by atoms with Gasteiger partial charge in [-0.1, -0.05) is 31.9 Å². The van der Waals surface area contributed by atoms with E-state index in [2.05, 4.69) is 42.9 Å². The second-order valence-electron chi connectivity index (χ2n) is 3.90. The zero-order valence-electron chi connectivity index (χ0n) is 9.15. The van der Waals surface area contributed by atoms with Crippen LogP contribution in [0, 0.1) is 0 Å². The molecule has 3 aromatic rings. The highest BCUT2D eigenvalue weighted by atomic mass is 79.9. The van der Waals surface area contributed by atoms with Crippen LogP contribution in [-0.2, 0) is 0 Å². The van der Waals surface area contributed by atoms with Gasteiger partial charge in [0.05, 0.1) is 10.2 Å². The topological polar surface area (TPSA) is 38.9 Å². The van der Waals surface area contributed by atoms with E-state index in [4.69, 9.17) is 5.73 Å². The Morgan fingerprint density at radius 1 is 1.00 bits per heavy atom. The van der Waals surface area contributed by atoms with E-state index in [0.29, 0.717) is 0 Å². The minimum absolute atomic E-state index is 0.736. The Hall–Kier alpha value is -0.910. The van der Waals surface area contributed by atoms with E-state index in [9.17, 15) is 0 Å². The van der Waals surface area contributed by atoms with Crippen molar-refractivity contribution in [3.63, 3.8) is 0 Å². The lowest BCUT2D eigenvalue weighted by molar-refractivity contribution is 1.47. The SMILES string of the molecule is Nc1cc(Br)cc(-c2nc3ccc(Br)cc3s2)c1. The van der Waals surface area contributed by atoms with Gasteiger partial charge in [-0.05, 0) is 36.4 Å². The third-order valence-corrected chi connectivity index (χ3v) is 4.54. The van der Waals surface area contributed by atoms with Crippen molar-refractivity contribution in [1.29, 1.82) is 0 Å². The van der Waals surface area contributed by atoms with Crippen molar-refractivity contribution in [2.24, 2.45) is 0 Å². The van der Waals surface area contributed by atoms with Gasteiger partial charge in [-0.25, -0.2) is 4.98 Å². The predicted molar refractivity (Wildman–Crippen MR) is 84.9 cm³/mol. The van der Waals surface area contributed by atoms with Gasteiger partial charge in [0.25, 0.3) is 0 Å². The number of nitrogens with two attached hydrogens (primary N) is 1. The summed E-state index contributed by atoms with van der Waals surface area (Å²) in [7, 11) is 0. The Morgan fingerprint density at radius 3 is 2.61 bits per heavy atom. The summed E-state index contributed by atoms with van der Waals surface area (Å²) in [4.78, 5) is 4.63. The number of aromatic nitrogens is 1. The summed E-state index contributed by atoms with van der Waals surface area (Å²) >= 11 is 8.59. The molecule has 0 amide bonds. The Bertz CT molecular complexity index is 717. The predicted octanol–water partition coefficient (Wildman–Crippen LogP) is 5.07. The molecular formula is C13H8Br2N2S. The molecule has 0 unspecified atom stereocenters. The Kier molecular flexibility index (Phi) is 3.13. The van der Waals surface area contributed by atoms with Crippen molar-refractivity contribution in [3.05, 3.63) is 45.3 Å². The lowest BCUT2D eigenvalue weighted by Gasteiger charge is -1.99. The first kappa shape index (κ1) is 12.1. The molecule has 2 nitrogen and oxygen atoms in total. The quantitative estimate of drug-likeness (QED) is 0.595. The summed E-state index contributed by atoms with van der Waals surface area (Å²) in [6.45, 7) is 0. The van der Waals surface area contributed by atoms with Crippen LogP contribution >= 0.6 is 43.2 Å². The first-order valence-corrected chi connectivity index (χ1v) is 7.64. The summed E-state index contributed by atoms with van der Waals surface area (Å²) in [5.74, 6) is 0. The van der Waals surface area contributed by atoms with E-state index in [0.717, 1.165) is 35.4 Å². The Labute approximate surface area is 125 Å². The van der Waals surface area contributed by atoms with Crippen LogP contribution in [0.15, 0.2) is 45.3 Å². The summed E-state index contributed by atoms with van der Waals surface area (Å²) < 4.78 is 3.20. The van der Waals surface area contributed by atoms with Crippen LogP contribution in [0.25, 0.3) is 20.8 Å². The smallest absolute Gasteiger partial charge is 0.124 e. The van der Waals surface area contributed by atoms with E-state index < -0.39 is 0 Å². The van der Waals surface area contributed by atoms with Gasteiger partial charge in [-0.15, -0.1) is 11.3 Å². The number of nitrogen functional groups attached to an aromatic ring is 1. The lowest BCUT2D eigenvalue weighted by Crippen LogP contribution is -1.85. The maximum absolute atomic E-state index is 5.85. The number of hydrogen-bond acceptors (Lipinski definition) is 3. The molecule has 1 aromatic heterocycles. The van der Waals surface area contributed by atoms with E-state index in [1.807, 2.05) is 30.3 Å². The highest BCUT2D eigenvalue weighted by Gasteiger charge is 2.07. The van der Waals surface area contributed by atoms with Crippen LogP contribution < -0.4 is 5.73 Å². The molecule has 0 radical (unpaired) electrons. The van der Waals surface area contributed by atoms with Gasteiger partial charge in [0.1, 0.15) is 5.01 Å². The molecular weight excluding hydrogens is 376 g/mol. The van der Waals surface area contributed by atoms with Crippen molar-refractivity contribution in [3.8, 4) is 10.6 Å². The fraction of sp³-hybridized carbons (Fsp3) is 0. The van der Waals surface area contributed by atoms with Gasteiger partial charge in [-0.3, -0.25) is 0 Å². The van der Waals surface area contributed by atoms with Gasteiger partial charge < -0.3 is 5.73 Å². The third-order valence-electron chi connectivity index (χ3n) is 2.52. The van der Waals surface area contributed by atoms with Crippen molar-refractivity contribution in [2.75, 3.05) is 5.73 Å². The monoisotopic (exact) mass is 382 g/mol. The van der Waals surface area contributed by atoms with Crippen LogP contribution in [0.4, 0.5) is 5.69 Å². The highest BCUT2D eigenvalue weighted by molar-refractivity contribution is 9.10. The van der Waals surface area contributed by atoms with Gasteiger partial charge in [-0.2, -0.15) is 0 Å². The normalized spacial score (nSPS) is 11.0. The number of fused-ring (bicyclic) bond motifs is 1. The molecule has 0 saturated carbocycles. The highest BCUT2D eigenvalue weighted by Crippen LogP contribution is 2.33. The number of anilines is 1. The molecule has 0 saturated heterocycles. The van der Waals surface area contributed by atoms with Gasteiger partial charge in [0.2, 0.25) is 0 Å². The van der Waals surface area contributed by atoms with E-state index in [-0.39, 0.29) is 0 Å². The molecule has 0 fully saturated rings. The molecule has 0 aliphatic rings. The fourth-order valence-electron chi connectivity index (χ4n) is 1.76. The average Bonchev–Trinajstić information content (AvgIpc) is 2.70. The minimum atomic E-state index is 0.736. The summed E-state index contributed by atoms with van der Waals surface area (Å²) in [6, 6.07) is 12.0. The second kappa shape index (κ2) is 4.64. The van der Waals surface area contributed by atoms with Crippen LogP contribution in [0.2, 0.25) is 0 Å². The molecule has 18 heavy (non-hydrogen) atoms. The maximum Gasteiger partial charge on any atom is 0.124 e. The van der Waals surface area contributed by atoms with Crippen LogP contribution in [0.1, 0.15) is 0 Å². The van der Waals surface area contributed by atoms with Crippen molar-refractivity contribution >= 4 is 59.1 Å². The van der Waals surface area contributed by atoms with Crippen molar-refractivity contribution < 1.29 is 0 Å². The second-order valence-corrected chi connectivity index (χ2v) is 6.77. The summed E-state index contributed by atoms with van der Waals surface area (Å²) in [5.41, 5.74) is 8.64. The number of thiazole rings is 1. The van der Waals surface area contributed by atoms with Crippen LogP contribution in [0.3, 0.4) is 0 Å². The number of benzene rings is 2. The fourth-order valence-corrected chi connectivity index (χ4v) is 3.77. The number of nitrogens with zero attached hydrogens (tertiary/aromatic N) is 1. The zero-order valence-corrected chi connectivity index (χ0v) is 13.1. The maximum atomic E-state index is 5.85. The third kappa shape index (κ3) is 2.30. The first-order valence-electron chi connectivity index (χ1n) is 5.24. The standard InChI is InChI=1S/C13H8Br2N2S/c14-8-1-2-11-12(6-8)18-13(17-11)7-3-9(15)5-10(16)4-7/h1-6H,16H2. The molecule has 2 N–H and O–H groups in total. The number of hydrogen-bond donors (Lipinski definition) is 1. The van der Waals surface area contributed by atoms with E-state index >= 15 is 0 Å². The van der Waals surface area contributed by atoms with E-state index in [1.54, 1.807) is 11.3 Å². The van der Waals surface area contributed by atoms with Crippen LogP contribution in [0.5, 0.6) is 0 Å². The molecule has 0 spiro atoms. The molecule has 0 aliphatic carbocycles. The largest absolute Gasteiger partial charge is 0.399 e. The molecule has 3 rings (SSSR count). The molecule has 0 aliphatic heterocycles. The zero-order chi connectivity index (χ0) is 12.7. The van der Waals surface area contributed by atoms with Crippen molar-refractivity contribution in [2.45, 2.75) is 0 Å².